The van der Waals surface area contributed by atoms with Crippen LogP contribution in [-0.2, 0) is 6.18 Å². The molecule has 0 aromatic heterocycles. The Balaban J connectivity index is 1.48. The average molecular weight is 402 g/mol. The zero-order valence-electron chi connectivity index (χ0n) is 16.3. The van der Waals surface area contributed by atoms with E-state index in [1.807, 2.05) is 4.90 Å². The molecule has 2 saturated heterocycles. The molecule has 0 spiro atoms. The third-order valence-corrected chi connectivity index (χ3v) is 5.96. The van der Waals surface area contributed by atoms with E-state index in [-0.39, 0.29) is 11.9 Å². The van der Waals surface area contributed by atoms with Gasteiger partial charge in [-0.15, -0.1) is 0 Å². The zero-order valence-corrected chi connectivity index (χ0v) is 16.3. The highest BCUT2D eigenvalue weighted by Crippen LogP contribution is 2.32. The molecule has 154 valence electrons. The SMILES string of the molecule is O=C(c1ccc(-c2cccc(C(F)(F)F)c2)cc1)N1CCCC1CN1CCCC1. The Morgan fingerprint density at radius 1 is 0.931 bits per heavy atom. The maximum atomic E-state index is 13.0. The molecule has 2 heterocycles. The molecule has 0 saturated carbocycles. The summed E-state index contributed by atoms with van der Waals surface area (Å²) in [7, 11) is 0. The Kier molecular flexibility index (Phi) is 5.63. The molecule has 0 bridgehead atoms. The first-order valence-electron chi connectivity index (χ1n) is 10.2. The van der Waals surface area contributed by atoms with Crippen LogP contribution in [0.15, 0.2) is 48.5 Å². The van der Waals surface area contributed by atoms with Gasteiger partial charge < -0.3 is 9.80 Å². The van der Waals surface area contributed by atoms with Crippen LogP contribution in [0.3, 0.4) is 0 Å². The lowest BCUT2D eigenvalue weighted by Crippen LogP contribution is -2.42. The van der Waals surface area contributed by atoms with Crippen LogP contribution >= 0.6 is 0 Å². The normalized spacial score (nSPS) is 20.4. The van der Waals surface area contributed by atoms with Gasteiger partial charge in [0, 0.05) is 24.7 Å². The average Bonchev–Trinajstić information content (AvgIpc) is 3.40. The van der Waals surface area contributed by atoms with E-state index >= 15 is 0 Å². The predicted octanol–water partition coefficient (Wildman–Crippen LogP) is 5.07. The topological polar surface area (TPSA) is 23.6 Å². The van der Waals surface area contributed by atoms with E-state index in [2.05, 4.69) is 4.90 Å². The summed E-state index contributed by atoms with van der Waals surface area (Å²) in [5, 5.41) is 0. The summed E-state index contributed by atoms with van der Waals surface area (Å²) in [4.78, 5) is 17.4. The number of rotatable bonds is 4. The number of hydrogen-bond donors (Lipinski definition) is 0. The molecule has 3 nitrogen and oxygen atoms in total. The third-order valence-electron chi connectivity index (χ3n) is 5.96. The van der Waals surface area contributed by atoms with Crippen molar-refractivity contribution in [2.45, 2.75) is 37.9 Å². The van der Waals surface area contributed by atoms with Gasteiger partial charge >= 0.3 is 6.18 Å². The van der Waals surface area contributed by atoms with Crippen molar-refractivity contribution >= 4 is 5.91 Å². The Morgan fingerprint density at radius 2 is 1.66 bits per heavy atom. The minimum absolute atomic E-state index is 0.0160. The molecule has 1 unspecified atom stereocenters. The lowest BCUT2D eigenvalue weighted by molar-refractivity contribution is -0.137. The molecule has 0 aliphatic carbocycles. The highest BCUT2D eigenvalue weighted by atomic mass is 19.4. The molecular weight excluding hydrogens is 377 g/mol. The minimum Gasteiger partial charge on any atom is -0.334 e. The quantitative estimate of drug-likeness (QED) is 0.713. The number of hydrogen-bond acceptors (Lipinski definition) is 2. The van der Waals surface area contributed by atoms with Crippen molar-refractivity contribution in [3.05, 3.63) is 59.7 Å². The van der Waals surface area contributed by atoms with Crippen LogP contribution in [0.25, 0.3) is 11.1 Å². The molecule has 1 atom stereocenters. The molecule has 2 fully saturated rings. The number of benzene rings is 2. The number of alkyl halides is 3. The molecule has 4 rings (SSSR count). The van der Waals surface area contributed by atoms with Gasteiger partial charge in [-0.25, -0.2) is 0 Å². The van der Waals surface area contributed by atoms with Gasteiger partial charge in [-0.3, -0.25) is 4.79 Å². The molecule has 2 aromatic carbocycles. The number of halogens is 3. The van der Waals surface area contributed by atoms with Crippen LogP contribution < -0.4 is 0 Å². The van der Waals surface area contributed by atoms with Crippen LogP contribution in [0.2, 0.25) is 0 Å². The molecule has 2 aliphatic rings. The largest absolute Gasteiger partial charge is 0.416 e. The van der Waals surface area contributed by atoms with Crippen molar-refractivity contribution in [3.8, 4) is 11.1 Å². The summed E-state index contributed by atoms with van der Waals surface area (Å²) in [5.41, 5.74) is 1.08. The lowest BCUT2D eigenvalue weighted by atomic mass is 10.0. The van der Waals surface area contributed by atoms with E-state index in [1.54, 1.807) is 30.3 Å². The van der Waals surface area contributed by atoms with Crippen molar-refractivity contribution in [2.24, 2.45) is 0 Å². The van der Waals surface area contributed by atoms with Gasteiger partial charge in [0.05, 0.1) is 5.56 Å². The van der Waals surface area contributed by atoms with Crippen molar-refractivity contribution in [1.29, 1.82) is 0 Å². The smallest absolute Gasteiger partial charge is 0.334 e. The molecule has 2 aromatic rings. The molecular formula is C23H25F3N2O. The van der Waals surface area contributed by atoms with Crippen LogP contribution in [-0.4, -0.2) is 47.9 Å². The van der Waals surface area contributed by atoms with Crippen molar-refractivity contribution in [3.63, 3.8) is 0 Å². The van der Waals surface area contributed by atoms with Crippen molar-refractivity contribution in [1.82, 2.24) is 9.80 Å². The fraction of sp³-hybridized carbons (Fsp3) is 0.435. The van der Waals surface area contributed by atoms with E-state index in [1.165, 1.54) is 18.9 Å². The molecule has 0 N–H and O–H groups in total. The van der Waals surface area contributed by atoms with E-state index < -0.39 is 11.7 Å². The van der Waals surface area contributed by atoms with Crippen molar-refractivity contribution in [2.75, 3.05) is 26.2 Å². The van der Waals surface area contributed by atoms with Crippen molar-refractivity contribution < 1.29 is 18.0 Å². The zero-order chi connectivity index (χ0) is 20.4. The van der Waals surface area contributed by atoms with Gasteiger partial charge in [-0.1, -0.05) is 24.3 Å². The van der Waals surface area contributed by atoms with Crippen LogP contribution in [0.4, 0.5) is 13.2 Å². The van der Waals surface area contributed by atoms with Gasteiger partial charge in [0.1, 0.15) is 0 Å². The Bertz CT molecular complexity index is 857. The highest BCUT2D eigenvalue weighted by molar-refractivity contribution is 5.95. The summed E-state index contributed by atoms with van der Waals surface area (Å²) < 4.78 is 38.9. The summed E-state index contributed by atoms with van der Waals surface area (Å²) in [6.45, 7) is 3.94. The third kappa shape index (κ3) is 4.47. The van der Waals surface area contributed by atoms with Gasteiger partial charge in [0.25, 0.3) is 5.91 Å². The predicted molar refractivity (Wildman–Crippen MR) is 107 cm³/mol. The van der Waals surface area contributed by atoms with Gasteiger partial charge in [0.15, 0.2) is 0 Å². The van der Waals surface area contributed by atoms with Gasteiger partial charge in [-0.05, 0) is 74.2 Å². The van der Waals surface area contributed by atoms with E-state index in [4.69, 9.17) is 0 Å². The van der Waals surface area contributed by atoms with E-state index in [0.29, 0.717) is 16.7 Å². The lowest BCUT2D eigenvalue weighted by Gasteiger charge is -2.28. The number of likely N-dealkylation sites (tertiary alicyclic amines) is 2. The summed E-state index contributed by atoms with van der Waals surface area (Å²) in [5.74, 6) is 0.0160. The Labute approximate surface area is 169 Å². The monoisotopic (exact) mass is 402 g/mol. The Hall–Kier alpha value is -2.34. The van der Waals surface area contributed by atoms with E-state index in [0.717, 1.165) is 51.2 Å². The number of carbonyl (C=O) groups is 1. The Morgan fingerprint density at radius 3 is 2.34 bits per heavy atom. The fourth-order valence-electron chi connectivity index (χ4n) is 4.40. The van der Waals surface area contributed by atoms with Crippen LogP contribution in [0.1, 0.15) is 41.6 Å². The fourth-order valence-corrected chi connectivity index (χ4v) is 4.40. The van der Waals surface area contributed by atoms with Gasteiger partial charge in [0.2, 0.25) is 0 Å². The number of nitrogens with zero attached hydrogens (tertiary/aromatic N) is 2. The highest BCUT2D eigenvalue weighted by Gasteiger charge is 2.32. The maximum Gasteiger partial charge on any atom is 0.416 e. The first-order valence-corrected chi connectivity index (χ1v) is 10.2. The van der Waals surface area contributed by atoms with Crippen LogP contribution in [0.5, 0.6) is 0 Å². The second kappa shape index (κ2) is 8.19. The molecule has 2 aliphatic heterocycles. The maximum absolute atomic E-state index is 13.0. The van der Waals surface area contributed by atoms with Gasteiger partial charge in [-0.2, -0.15) is 13.2 Å². The first-order chi connectivity index (χ1) is 13.9. The number of carbonyl (C=O) groups excluding carboxylic acids is 1. The molecule has 6 heteroatoms. The molecule has 0 radical (unpaired) electrons. The first kappa shape index (κ1) is 20.0. The minimum atomic E-state index is -4.37. The molecule has 29 heavy (non-hydrogen) atoms. The molecule has 1 amide bonds. The second-order valence-corrected chi connectivity index (χ2v) is 7.96. The summed E-state index contributed by atoms with van der Waals surface area (Å²) in [6, 6.07) is 12.4. The number of amides is 1. The standard InChI is InChI=1S/C23H25F3N2O/c24-23(25,26)20-6-3-5-19(15-20)17-8-10-18(11-9-17)22(29)28-14-4-7-21(28)16-27-12-1-2-13-27/h3,5-6,8-11,15,21H,1-2,4,7,12-14,16H2. The van der Waals surface area contributed by atoms with Crippen LogP contribution in [0, 0.1) is 0 Å². The summed E-state index contributed by atoms with van der Waals surface area (Å²) in [6.07, 6.45) is 0.151. The van der Waals surface area contributed by atoms with E-state index in [9.17, 15) is 18.0 Å². The second-order valence-electron chi connectivity index (χ2n) is 7.96. The summed E-state index contributed by atoms with van der Waals surface area (Å²) >= 11 is 0.